The molecule has 5 heteroatoms. The predicted octanol–water partition coefficient (Wildman–Crippen LogP) is 3.68. The molecule has 3 rings (SSSR count). The molecule has 0 aromatic carbocycles. The van der Waals surface area contributed by atoms with Crippen LogP contribution < -0.4 is 0 Å². The maximum atomic E-state index is 5.46. The van der Waals surface area contributed by atoms with Crippen LogP contribution in [0.5, 0.6) is 0 Å². The Kier molecular flexibility index (Phi) is 3.83. The van der Waals surface area contributed by atoms with Gasteiger partial charge in [-0.2, -0.15) is 4.98 Å². The maximum Gasteiger partial charge on any atom is 0.226 e. The summed E-state index contributed by atoms with van der Waals surface area (Å²) in [6, 6.07) is 0. The van der Waals surface area contributed by atoms with E-state index in [1.54, 1.807) is 0 Å². The van der Waals surface area contributed by atoms with Gasteiger partial charge in [-0.25, -0.2) is 0 Å². The van der Waals surface area contributed by atoms with E-state index in [4.69, 9.17) is 9.05 Å². The first-order valence-electron chi connectivity index (χ1n) is 7.89. The van der Waals surface area contributed by atoms with Crippen LogP contribution in [0.4, 0.5) is 0 Å². The molecule has 2 aromatic heterocycles. The van der Waals surface area contributed by atoms with E-state index in [-0.39, 0.29) is 5.41 Å². The van der Waals surface area contributed by atoms with Gasteiger partial charge in [-0.05, 0) is 39.5 Å². The SMILES string of the molecule is CCCC1(c2noc(CCc3c(C)noc3C)n2)CCC1. The first-order chi connectivity index (χ1) is 10.1. The number of aryl methyl sites for hydroxylation is 3. The molecule has 0 bridgehead atoms. The maximum absolute atomic E-state index is 5.46. The molecule has 0 aliphatic heterocycles. The Labute approximate surface area is 125 Å². The Balaban J connectivity index is 1.68. The van der Waals surface area contributed by atoms with Crippen molar-refractivity contribution in [1.82, 2.24) is 15.3 Å². The summed E-state index contributed by atoms with van der Waals surface area (Å²) in [5, 5.41) is 8.23. The van der Waals surface area contributed by atoms with Crippen LogP contribution in [0.2, 0.25) is 0 Å². The van der Waals surface area contributed by atoms with Crippen LogP contribution in [0, 0.1) is 13.8 Å². The van der Waals surface area contributed by atoms with Gasteiger partial charge in [-0.1, -0.05) is 30.1 Å². The smallest absolute Gasteiger partial charge is 0.226 e. The van der Waals surface area contributed by atoms with Crippen molar-refractivity contribution in [1.29, 1.82) is 0 Å². The molecule has 0 radical (unpaired) electrons. The normalized spacial score (nSPS) is 16.9. The number of hydrogen-bond donors (Lipinski definition) is 0. The minimum absolute atomic E-state index is 0.194. The van der Waals surface area contributed by atoms with Crippen molar-refractivity contribution >= 4 is 0 Å². The molecule has 2 aromatic rings. The summed E-state index contributed by atoms with van der Waals surface area (Å²) in [5.74, 6) is 2.53. The summed E-state index contributed by atoms with van der Waals surface area (Å²) < 4.78 is 10.6. The predicted molar refractivity (Wildman–Crippen MR) is 78.1 cm³/mol. The number of rotatable bonds is 6. The molecule has 0 spiro atoms. The lowest BCUT2D eigenvalue weighted by molar-refractivity contribution is 0.202. The largest absolute Gasteiger partial charge is 0.361 e. The van der Waals surface area contributed by atoms with Crippen molar-refractivity contribution in [2.75, 3.05) is 0 Å². The van der Waals surface area contributed by atoms with Gasteiger partial charge >= 0.3 is 0 Å². The molecule has 1 fully saturated rings. The monoisotopic (exact) mass is 289 g/mol. The second kappa shape index (κ2) is 5.62. The van der Waals surface area contributed by atoms with E-state index >= 15 is 0 Å². The van der Waals surface area contributed by atoms with E-state index in [9.17, 15) is 0 Å². The topological polar surface area (TPSA) is 65.0 Å². The van der Waals surface area contributed by atoms with E-state index in [0.29, 0.717) is 0 Å². The standard InChI is InChI=1S/C16H23N3O2/c1-4-8-16(9-5-10-16)15-17-14(21-19-15)7-6-13-11(2)18-20-12(13)3/h4-10H2,1-3H3. The van der Waals surface area contributed by atoms with Gasteiger partial charge in [0.25, 0.3) is 0 Å². The molecule has 21 heavy (non-hydrogen) atoms. The molecule has 1 aliphatic carbocycles. The Morgan fingerprint density at radius 1 is 1.10 bits per heavy atom. The third-order valence-corrected chi connectivity index (χ3v) is 4.75. The van der Waals surface area contributed by atoms with Gasteiger partial charge < -0.3 is 9.05 Å². The molecular formula is C16H23N3O2. The van der Waals surface area contributed by atoms with E-state index in [0.717, 1.165) is 48.0 Å². The second-order valence-electron chi connectivity index (χ2n) is 6.20. The molecule has 0 unspecified atom stereocenters. The third kappa shape index (κ3) is 2.61. The molecule has 0 atom stereocenters. The zero-order chi connectivity index (χ0) is 14.9. The fourth-order valence-corrected chi connectivity index (χ4v) is 3.33. The number of hydrogen-bond acceptors (Lipinski definition) is 5. The molecule has 1 aliphatic rings. The summed E-state index contributed by atoms with van der Waals surface area (Å²) in [7, 11) is 0. The zero-order valence-electron chi connectivity index (χ0n) is 13.1. The number of nitrogens with zero attached hydrogens (tertiary/aromatic N) is 3. The highest BCUT2D eigenvalue weighted by molar-refractivity contribution is 5.21. The highest BCUT2D eigenvalue weighted by atomic mass is 16.5. The fourth-order valence-electron chi connectivity index (χ4n) is 3.33. The lowest BCUT2D eigenvalue weighted by Crippen LogP contribution is -2.35. The Morgan fingerprint density at radius 2 is 1.90 bits per heavy atom. The van der Waals surface area contributed by atoms with Crippen molar-refractivity contribution in [3.63, 3.8) is 0 Å². The van der Waals surface area contributed by atoms with Gasteiger partial charge in [-0.15, -0.1) is 0 Å². The van der Waals surface area contributed by atoms with Gasteiger partial charge in [0, 0.05) is 17.4 Å². The molecule has 0 N–H and O–H groups in total. The van der Waals surface area contributed by atoms with Crippen LogP contribution >= 0.6 is 0 Å². The van der Waals surface area contributed by atoms with Crippen LogP contribution in [0.1, 0.15) is 67.8 Å². The van der Waals surface area contributed by atoms with Crippen molar-refractivity contribution in [3.8, 4) is 0 Å². The van der Waals surface area contributed by atoms with Crippen molar-refractivity contribution in [3.05, 3.63) is 28.7 Å². The minimum atomic E-state index is 0.194. The summed E-state index contributed by atoms with van der Waals surface area (Å²) in [6.07, 6.45) is 7.59. The average molecular weight is 289 g/mol. The van der Waals surface area contributed by atoms with Gasteiger partial charge in [0.15, 0.2) is 5.82 Å². The van der Waals surface area contributed by atoms with Crippen LogP contribution in [0.25, 0.3) is 0 Å². The van der Waals surface area contributed by atoms with Crippen LogP contribution in [-0.2, 0) is 18.3 Å². The number of aromatic nitrogens is 3. The molecule has 1 saturated carbocycles. The van der Waals surface area contributed by atoms with Crippen molar-refractivity contribution in [2.24, 2.45) is 0 Å². The molecule has 114 valence electrons. The molecule has 5 nitrogen and oxygen atoms in total. The van der Waals surface area contributed by atoms with Crippen LogP contribution in [-0.4, -0.2) is 15.3 Å². The van der Waals surface area contributed by atoms with Gasteiger partial charge in [-0.3, -0.25) is 0 Å². The lowest BCUT2D eigenvalue weighted by atomic mass is 9.65. The van der Waals surface area contributed by atoms with Crippen LogP contribution in [0.3, 0.4) is 0 Å². The van der Waals surface area contributed by atoms with Gasteiger partial charge in [0.05, 0.1) is 5.69 Å². The fraction of sp³-hybridized carbons (Fsp3) is 0.688. The lowest BCUT2D eigenvalue weighted by Gasteiger charge is -2.38. The van der Waals surface area contributed by atoms with E-state index < -0.39 is 0 Å². The highest BCUT2D eigenvalue weighted by Crippen LogP contribution is 2.45. The van der Waals surface area contributed by atoms with Crippen molar-refractivity contribution in [2.45, 2.75) is 71.1 Å². The summed E-state index contributed by atoms with van der Waals surface area (Å²) in [5.41, 5.74) is 2.30. The molecule has 2 heterocycles. The molecule has 0 saturated heterocycles. The summed E-state index contributed by atoms with van der Waals surface area (Å²) in [6.45, 7) is 6.13. The quantitative estimate of drug-likeness (QED) is 0.811. The van der Waals surface area contributed by atoms with E-state index in [2.05, 4.69) is 22.2 Å². The second-order valence-corrected chi connectivity index (χ2v) is 6.20. The highest BCUT2D eigenvalue weighted by Gasteiger charge is 2.41. The van der Waals surface area contributed by atoms with Gasteiger partial charge in [0.1, 0.15) is 5.76 Å². The first-order valence-corrected chi connectivity index (χ1v) is 7.89. The van der Waals surface area contributed by atoms with Crippen molar-refractivity contribution < 1.29 is 9.05 Å². The minimum Gasteiger partial charge on any atom is -0.361 e. The van der Waals surface area contributed by atoms with Gasteiger partial charge in [0.2, 0.25) is 5.89 Å². The molecular weight excluding hydrogens is 266 g/mol. The Bertz CT molecular complexity index is 591. The molecule has 0 amide bonds. The average Bonchev–Trinajstić information content (AvgIpc) is 3.00. The first kappa shape index (κ1) is 14.3. The Hall–Kier alpha value is -1.65. The summed E-state index contributed by atoms with van der Waals surface area (Å²) in [4.78, 5) is 4.65. The van der Waals surface area contributed by atoms with Crippen LogP contribution in [0.15, 0.2) is 9.05 Å². The van der Waals surface area contributed by atoms with E-state index in [1.165, 1.54) is 25.7 Å². The third-order valence-electron chi connectivity index (χ3n) is 4.75. The Morgan fingerprint density at radius 3 is 2.48 bits per heavy atom. The summed E-state index contributed by atoms with van der Waals surface area (Å²) >= 11 is 0. The van der Waals surface area contributed by atoms with E-state index in [1.807, 2.05) is 13.8 Å². The zero-order valence-corrected chi connectivity index (χ0v) is 13.1.